The predicted octanol–water partition coefficient (Wildman–Crippen LogP) is 3.40. The number of hydrogen-bond acceptors (Lipinski definition) is 6. The fourth-order valence-electron chi connectivity index (χ4n) is 4.37. The van der Waals surface area contributed by atoms with E-state index < -0.39 is 17.6 Å². The molecule has 4 N–H and O–H groups in total. The summed E-state index contributed by atoms with van der Waals surface area (Å²) < 4.78 is 43.5. The van der Waals surface area contributed by atoms with Gasteiger partial charge in [0, 0.05) is 50.1 Å². The van der Waals surface area contributed by atoms with Gasteiger partial charge in [-0.1, -0.05) is 6.07 Å². The number of carbonyl (C=O) groups is 1. The van der Waals surface area contributed by atoms with Gasteiger partial charge in [0.25, 0.3) is 5.91 Å². The number of hydrogen-bond donors (Lipinski definition) is 3. The topological polar surface area (TPSA) is 118 Å². The molecule has 0 radical (unpaired) electrons. The van der Waals surface area contributed by atoms with Crippen molar-refractivity contribution in [2.75, 3.05) is 23.3 Å². The molecule has 0 unspecified atom stereocenters. The van der Waals surface area contributed by atoms with Crippen molar-refractivity contribution < 1.29 is 18.0 Å². The molecule has 0 saturated carbocycles. The van der Waals surface area contributed by atoms with Crippen molar-refractivity contribution in [3.05, 3.63) is 66.0 Å². The van der Waals surface area contributed by atoms with E-state index >= 15 is 0 Å². The first kappa shape index (κ1) is 22.8. The molecule has 1 amide bonds. The molecule has 0 aliphatic carbocycles. The molecular weight excluding hydrogens is 461 g/mol. The van der Waals surface area contributed by atoms with Crippen molar-refractivity contribution in [2.45, 2.75) is 31.6 Å². The van der Waals surface area contributed by atoms with Gasteiger partial charge >= 0.3 is 6.18 Å². The molecule has 0 bridgehead atoms. The lowest BCUT2D eigenvalue weighted by atomic mass is 10.0. The largest absolute Gasteiger partial charge is 0.419 e. The number of nitrogens with two attached hydrogens (primary N) is 1. The summed E-state index contributed by atoms with van der Waals surface area (Å²) in [6.45, 7) is 1.13. The van der Waals surface area contributed by atoms with Gasteiger partial charge in [-0.3, -0.25) is 14.5 Å². The van der Waals surface area contributed by atoms with Crippen LogP contribution in [-0.2, 0) is 12.7 Å². The Morgan fingerprint density at radius 2 is 2.14 bits per heavy atom. The molecule has 4 aromatic heterocycles. The highest BCUT2D eigenvalue weighted by molar-refractivity contribution is 6.11. The highest BCUT2D eigenvalue weighted by atomic mass is 19.4. The second-order valence-electron chi connectivity index (χ2n) is 8.53. The summed E-state index contributed by atoms with van der Waals surface area (Å²) in [5.41, 5.74) is 6.81. The zero-order chi connectivity index (χ0) is 24.6. The number of amides is 1. The number of nitrogens with zero attached hydrogens (tertiary/aromatic N) is 5. The Bertz CT molecular complexity index is 1350. The van der Waals surface area contributed by atoms with Crippen LogP contribution in [0, 0.1) is 0 Å². The zero-order valence-corrected chi connectivity index (χ0v) is 18.6. The minimum absolute atomic E-state index is 0.0264. The van der Waals surface area contributed by atoms with Crippen LogP contribution in [0.4, 0.5) is 24.5 Å². The van der Waals surface area contributed by atoms with E-state index in [4.69, 9.17) is 5.73 Å². The zero-order valence-electron chi connectivity index (χ0n) is 18.6. The number of anilines is 2. The SMILES string of the molecule is N[C@@H]1CCCN(c2c(C(F)(F)F)cnc3[nH]cc(NC(=O)c4cnn(Cc5cccnc5)c4)c23)C1. The number of alkyl halides is 3. The van der Waals surface area contributed by atoms with Crippen LogP contribution in [0.2, 0.25) is 0 Å². The van der Waals surface area contributed by atoms with Gasteiger partial charge in [0.2, 0.25) is 0 Å². The number of aromatic nitrogens is 5. The Labute approximate surface area is 198 Å². The van der Waals surface area contributed by atoms with Gasteiger partial charge in [0.15, 0.2) is 0 Å². The first-order valence-corrected chi connectivity index (χ1v) is 11.1. The average molecular weight is 484 g/mol. The predicted molar refractivity (Wildman–Crippen MR) is 124 cm³/mol. The van der Waals surface area contributed by atoms with Crippen LogP contribution in [0.1, 0.15) is 34.3 Å². The minimum Gasteiger partial charge on any atom is -0.369 e. The van der Waals surface area contributed by atoms with Crippen LogP contribution in [-0.4, -0.2) is 49.8 Å². The van der Waals surface area contributed by atoms with Gasteiger partial charge in [-0.15, -0.1) is 0 Å². The number of pyridine rings is 2. The molecule has 182 valence electrons. The molecule has 0 spiro atoms. The number of aromatic amines is 1. The molecule has 1 aliphatic rings. The lowest BCUT2D eigenvalue weighted by Crippen LogP contribution is -2.43. The van der Waals surface area contributed by atoms with Crippen molar-refractivity contribution >= 4 is 28.3 Å². The third-order valence-electron chi connectivity index (χ3n) is 5.96. The summed E-state index contributed by atoms with van der Waals surface area (Å²) in [6, 6.07) is 3.45. The maximum Gasteiger partial charge on any atom is 0.419 e. The molecule has 0 aromatic carbocycles. The van der Waals surface area contributed by atoms with E-state index in [2.05, 4.69) is 25.4 Å². The number of halogens is 3. The highest BCUT2D eigenvalue weighted by Gasteiger charge is 2.38. The third kappa shape index (κ3) is 4.69. The number of rotatable bonds is 5. The highest BCUT2D eigenvalue weighted by Crippen LogP contribution is 2.43. The van der Waals surface area contributed by atoms with E-state index in [0.29, 0.717) is 19.5 Å². The van der Waals surface area contributed by atoms with E-state index in [9.17, 15) is 18.0 Å². The molecule has 35 heavy (non-hydrogen) atoms. The van der Waals surface area contributed by atoms with Crippen molar-refractivity contribution in [1.82, 2.24) is 24.7 Å². The summed E-state index contributed by atoms with van der Waals surface area (Å²) in [5, 5.41) is 7.13. The number of H-pyrrole nitrogens is 1. The van der Waals surface area contributed by atoms with E-state index in [-0.39, 0.29) is 40.6 Å². The van der Waals surface area contributed by atoms with E-state index in [1.54, 1.807) is 34.2 Å². The minimum atomic E-state index is -4.62. The van der Waals surface area contributed by atoms with Gasteiger partial charge in [0.1, 0.15) is 5.65 Å². The quantitative estimate of drug-likeness (QED) is 0.400. The normalized spacial score (nSPS) is 16.6. The summed E-state index contributed by atoms with van der Waals surface area (Å²) in [6.07, 6.45) is 5.40. The van der Waals surface area contributed by atoms with E-state index in [1.165, 1.54) is 12.4 Å². The third-order valence-corrected chi connectivity index (χ3v) is 5.96. The van der Waals surface area contributed by atoms with Gasteiger partial charge in [-0.25, -0.2) is 4.98 Å². The maximum absolute atomic E-state index is 14.0. The Kier molecular flexibility index (Phi) is 5.89. The average Bonchev–Trinajstić information content (AvgIpc) is 3.46. The second-order valence-corrected chi connectivity index (χ2v) is 8.53. The number of nitrogens with one attached hydrogen (secondary N) is 2. The Hall–Kier alpha value is -3.93. The lowest BCUT2D eigenvalue weighted by Gasteiger charge is -2.34. The number of fused-ring (bicyclic) bond motifs is 1. The molecule has 4 aromatic rings. The van der Waals surface area contributed by atoms with Gasteiger partial charge in [-0.2, -0.15) is 18.3 Å². The molecule has 1 aliphatic heterocycles. The van der Waals surface area contributed by atoms with Crippen LogP contribution in [0.25, 0.3) is 11.0 Å². The summed E-state index contributed by atoms with van der Waals surface area (Å²) in [5.74, 6) is -0.498. The number of piperidine rings is 1. The maximum atomic E-state index is 14.0. The monoisotopic (exact) mass is 484 g/mol. The number of carbonyl (C=O) groups excluding carboxylic acids is 1. The second kappa shape index (κ2) is 9.02. The Morgan fingerprint density at radius 3 is 2.89 bits per heavy atom. The molecule has 1 fully saturated rings. The Balaban J connectivity index is 1.47. The fraction of sp³-hybridized carbons (Fsp3) is 0.304. The molecular formula is C23H23F3N8O. The molecule has 9 nitrogen and oxygen atoms in total. The first-order chi connectivity index (χ1) is 16.8. The summed E-state index contributed by atoms with van der Waals surface area (Å²) >= 11 is 0. The molecule has 1 atom stereocenters. The van der Waals surface area contributed by atoms with Crippen LogP contribution in [0.3, 0.4) is 0 Å². The van der Waals surface area contributed by atoms with Gasteiger partial charge < -0.3 is 20.9 Å². The van der Waals surface area contributed by atoms with Gasteiger partial charge in [0.05, 0.1) is 40.6 Å². The van der Waals surface area contributed by atoms with Crippen molar-refractivity contribution in [3.63, 3.8) is 0 Å². The lowest BCUT2D eigenvalue weighted by molar-refractivity contribution is -0.137. The van der Waals surface area contributed by atoms with Crippen LogP contribution >= 0.6 is 0 Å². The van der Waals surface area contributed by atoms with E-state index in [1.807, 2.05) is 6.07 Å². The van der Waals surface area contributed by atoms with Crippen molar-refractivity contribution in [3.8, 4) is 0 Å². The summed E-state index contributed by atoms with van der Waals surface area (Å²) in [4.78, 5) is 25.5. The van der Waals surface area contributed by atoms with Gasteiger partial charge in [-0.05, 0) is 24.5 Å². The Morgan fingerprint density at radius 1 is 1.29 bits per heavy atom. The summed E-state index contributed by atoms with van der Waals surface area (Å²) in [7, 11) is 0. The molecule has 5 rings (SSSR count). The smallest absolute Gasteiger partial charge is 0.369 e. The van der Waals surface area contributed by atoms with Crippen LogP contribution < -0.4 is 16.0 Å². The van der Waals surface area contributed by atoms with Crippen molar-refractivity contribution in [1.29, 1.82) is 0 Å². The molecule has 1 saturated heterocycles. The van der Waals surface area contributed by atoms with Crippen molar-refractivity contribution in [2.24, 2.45) is 5.73 Å². The first-order valence-electron chi connectivity index (χ1n) is 11.1. The molecule has 12 heteroatoms. The molecule has 5 heterocycles. The standard InChI is InChI=1S/C23H23F3N8O/c24-23(25,26)17-9-29-21-19(20(17)33-6-2-4-16(27)13-33)18(10-30-21)32-22(35)15-8-31-34(12-15)11-14-3-1-5-28-7-14/h1,3,5,7-10,12,16H,2,4,6,11,13,27H2,(H,29,30)(H,32,35)/t16-/m1/s1. The fourth-order valence-corrected chi connectivity index (χ4v) is 4.37. The van der Waals surface area contributed by atoms with Crippen LogP contribution in [0.15, 0.2) is 49.3 Å². The van der Waals surface area contributed by atoms with E-state index in [0.717, 1.165) is 18.2 Å². The van der Waals surface area contributed by atoms with Crippen LogP contribution in [0.5, 0.6) is 0 Å².